The van der Waals surface area contributed by atoms with Crippen LogP contribution in [0.4, 0.5) is 5.69 Å². The Morgan fingerprint density at radius 1 is 1.24 bits per heavy atom. The molecule has 0 unspecified atom stereocenters. The summed E-state index contributed by atoms with van der Waals surface area (Å²) in [5, 5.41) is 4.32. The van der Waals surface area contributed by atoms with Crippen LogP contribution in [-0.2, 0) is 0 Å². The van der Waals surface area contributed by atoms with Crippen LogP contribution in [0.1, 0.15) is 53.9 Å². The number of nitrogens with one attached hydrogen (secondary N) is 1. The van der Waals surface area contributed by atoms with E-state index in [2.05, 4.69) is 28.4 Å². The Morgan fingerprint density at radius 3 is 2.97 bits per heavy atom. The second kappa shape index (κ2) is 7.98. The lowest BCUT2D eigenvalue weighted by Gasteiger charge is -2.47. The molecule has 1 N–H and O–H groups in total. The van der Waals surface area contributed by atoms with Crippen molar-refractivity contribution in [1.29, 1.82) is 0 Å². The maximum atomic E-state index is 12.7. The minimum absolute atomic E-state index is 0.162. The molecule has 3 aliphatic rings. The van der Waals surface area contributed by atoms with Crippen molar-refractivity contribution in [1.82, 2.24) is 5.32 Å². The number of halogens is 1. The van der Waals surface area contributed by atoms with Gasteiger partial charge >= 0.3 is 0 Å². The van der Waals surface area contributed by atoms with Crippen molar-refractivity contribution < 1.29 is 4.79 Å². The summed E-state index contributed by atoms with van der Waals surface area (Å²) in [6.45, 7) is 3.25. The van der Waals surface area contributed by atoms with Gasteiger partial charge in [-0.3, -0.25) is 4.79 Å². The summed E-state index contributed by atoms with van der Waals surface area (Å²) in [6, 6.07) is 14.2. The molecule has 5 heteroatoms. The topological polar surface area (TPSA) is 32.3 Å². The normalized spacial score (nSPS) is 25.3. The predicted molar refractivity (Wildman–Crippen MR) is 122 cm³/mol. The number of thioether (sulfide) groups is 1. The van der Waals surface area contributed by atoms with Gasteiger partial charge in [-0.1, -0.05) is 23.7 Å². The van der Waals surface area contributed by atoms with Gasteiger partial charge in [0.1, 0.15) is 0 Å². The monoisotopic (exact) mass is 426 g/mol. The molecule has 1 saturated heterocycles. The lowest BCUT2D eigenvalue weighted by molar-refractivity contribution is 0.0974. The third-order valence-corrected chi connectivity index (χ3v) is 8.29. The first kappa shape index (κ1) is 19.5. The van der Waals surface area contributed by atoms with Crippen LogP contribution in [0.3, 0.4) is 0 Å². The van der Waals surface area contributed by atoms with E-state index in [-0.39, 0.29) is 11.3 Å². The van der Waals surface area contributed by atoms with Gasteiger partial charge in [-0.15, -0.1) is 11.8 Å². The molecule has 2 aromatic carbocycles. The standard InChI is InChI=1S/C24H27ClN2OS/c25-18-9-7-17(8-10-18)21(28)5-2-11-24-12-13-26-16-20(24)19-4-1-6-22-23(19)27(24)14-3-15-29-22/h1,4,6-10,20,26H,2-3,5,11-16H2/t20-,24-/m0/s1. The summed E-state index contributed by atoms with van der Waals surface area (Å²) in [5.41, 5.74) is 3.95. The fourth-order valence-electron chi connectivity index (χ4n) is 5.60. The molecule has 0 radical (unpaired) electrons. The lowest BCUT2D eigenvalue weighted by Crippen LogP contribution is -2.56. The SMILES string of the molecule is O=C(CCC[C@]12CCNC[C@H]1c1cccc3c1N2CCCS3)c1ccc(Cl)cc1. The van der Waals surface area contributed by atoms with Crippen LogP contribution in [-0.4, -0.2) is 36.7 Å². The van der Waals surface area contributed by atoms with Crippen LogP contribution in [0.15, 0.2) is 47.4 Å². The second-order valence-corrected chi connectivity index (χ2v) is 10.0. The Kier molecular flexibility index (Phi) is 5.35. The van der Waals surface area contributed by atoms with Crippen molar-refractivity contribution in [2.45, 2.75) is 48.5 Å². The van der Waals surface area contributed by atoms with Gasteiger partial charge in [0.05, 0.1) is 5.69 Å². The molecule has 5 rings (SSSR count). The molecule has 29 heavy (non-hydrogen) atoms. The Labute approximate surface area is 182 Å². The molecular formula is C24H27ClN2OS. The maximum absolute atomic E-state index is 12.7. The maximum Gasteiger partial charge on any atom is 0.162 e. The molecule has 0 bridgehead atoms. The Balaban J connectivity index is 1.38. The first-order chi connectivity index (χ1) is 14.2. The van der Waals surface area contributed by atoms with Crippen molar-refractivity contribution in [2.75, 3.05) is 30.3 Å². The van der Waals surface area contributed by atoms with Crippen LogP contribution in [0, 0.1) is 0 Å². The van der Waals surface area contributed by atoms with Gasteiger partial charge in [-0.25, -0.2) is 0 Å². The predicted octanol–water partition coefficient (Wildman–Crippen LogP) is 5.52. The number of para-hydroxylation sites is 1. The highest BCUT2D eigenvalue weighted by atomic mass is 35.5. The average Bonchev–Trinajstić information content (AvgIpc) is 2.86. The summed E-state index contributed by atoms with van der Waals surface area (Å²) in [4.78, 5) is 16.9. The Morgan fingerprint density at radius 2 is 2.10 bits per heavy atom. The van der Waals surface area contributed by atoms with Gasteiger partial charge in [0, 0.05) is 46.4 Å². The zero-order valence-corrected chi connectivity index (χ0v) is 18.2. The summed E-state index contributed by atoms with van der Waals surface area (Å²) in [6.07, 6.45) is 5.01. The van der Waals surface area contributed by atoms with Crippen LogP contribution < -0.4 is 10.2 Å². The van der Waals surface area contributed by atoms with Crippen LogP contribution in [0.5, 0.6) is 0 Å². The number of hydrogen-bond donors (Lipinski definition) is 1. The summed E-state index contributed by atoms with van der Waals surface area (Å²) >= 11 is 7.98. The number of benzene rings is 2. The number of anilines is 1. The third kappa shape index (κ3) is 3.39. The third-order valence-electron chi connectivity index (χ3n) is 6.91. The zero-order chi connectivity index (χ0) is 19.8. The molecule has 2 aromatic rings. The van der Waals surface area contributed by atoms with E-state index in [0.717, 1.165) is 44.5 Å². The number of piperidine rings is 1. The van der Waals surface area contributed by atoms with E-state index in [9.17, 15) is 4.79 Å². The fraction of sp³-hybridized carbons (Fsp3) is 0.458. The van der Waals surface area contributed by atoms with Gasteiger partial charge < -0.3 is 10.2 Å². The van der Waals surface area contributed by atoms with Gasteiger partial charge in [-0.2, -0.15) is 0 Å². The number of hydrogen-bond acceptors (Lipinski definition) is 4. The van der Waals surface area contributed by atoms with Crippen LogP contribution in [0.2, 0.25) is 5.02 Å². The quantitative estimate of drug-likeness (QED) is 0.637. The first-order valence-electron chi connectivity index (χ1n) is 10.7. The number of carbonyl (C=O) groups excluding carboxylic acids is 1. The van der Waals surface area contributed by atoms with Gasteiger partial charge in [0.2, 0.25) is 0 Å². The Bertz CT molecular complexity index is 916. The molecule has 152 valence electrons. The molecule has 2 atom stereocenters. The molecule has 0 saturated carbocycles. The van der Waals surface area contributed by atoms with Gasteiger partial charge in [-0.05, 0) is 73.9 Å². The molecule has 0 spiro atoms. The molecule has 3 aliphatic heterocycles. The highest BCUT2D eigenvalue weighted by Crippen LogP contribution is 2.56. The van der Waals surface area contributed by atoms with Crippen molar-refractivity contribution in [3.05, 3.63) is 58.6 Å². The highest BCUT2D eigenvalue weighted by molar-refractivity contribution is 7.99. The van der Waals surface area contributed by atoms with Crippen molar-refractivity contribution in [2.24, 2.45) is 0 Å². The average molecular weight is 427 g/mol. The minimum atomic E-state index is 0.162. The van der Waals surface area contributed by atoms with E-state index >= 15 is 0 Å². The van der Waals surface area contributed by atoms with Crippen molar-refractivity contribution in [3.63, 3.8) is 0 Å². The summed E-state index contributed by atoms with van der Waals surface area (Å²) in [5.74, 6) is 1.95. The number of Topliss-reactive ketones (excluding diaryl/α,β-unsaturated/α-hetero) is 1. The second-order valence-electron chi connectivity index (χ2n) is 8.44. The van der Waals surface area contributed by atoms with Gasteiger partial charge in [0.15, 0.2) is 5.78 Å². The molecular weight excluding hydrogens is 400 g/mol. The van der Waals surface area contributed by atoms with Crippen molar-refractivity contribution in [3.8, 4) is 0 Å². The molecule has 1 fully saturated rings. The zero-order valence-electron chi connectivity index (χ0n) is 16.6. The van der Waals surface area contributed by atoms with E-state index in [1.54, 1.807) is 12.1 Å². The van der Waals surface area contributed by atoms with E-state index in [0.29, 0.717) is 17.4 Å². The van der Waals surface area contributed by atoms with Gasteiger partial charge in [0.25, 0.3) is 0 Å². The molecule has 0 aromatic heterocycles. The smallest absolute Gasteiger partial charge is 0.162 e. The summed E-state index contributed by atoms with van der Waals surface area (Å²) < 4.78 is 0. The van der Waals surface area contributed by atoms with E-state index in [1.165, 1.54) is 28.3 Å². The van der Waals surface area contributed by atoms with Crippen LogP contribution >= 0.6 is 23.4 Å². The fourth-order valence-corrected chi connectivity index (χ4v) is 6.75. The van der Waals surface area contributed by atoms with E-state index in [4.69, 9.17) is 11.6 Å². The van der Waals surface area contributed by atoms with E-state index in [1.807, 2.05) is 23.9 Å². The summed E-state index contributed by atoms with van der Waals surface area (Å²) in [7, 11) is 0. The molecule has 3 nitrogen and oxygen atoms in total. The number of ketones is 1. The molecule has 0 amide bonds. The van der Waals surface area contributed by atoms with Crippen LogP contribution in [0.25, 0.3) is 0 Å². The molecule has 3 heterocycles. The Hall–Kier alpha value is -1.49. The number of nitrogens with zero attached hydrogens (tertiary/aromatic N) is 1. The first-order valence-corrected chi connectivity index (χ1v) is 12.1. The highest BCUT2D eigenvalue weighted by Gasteiger charge is 2.52. The number of rotatable bonds is 5. The lowest BCUT2D eigenvalue weighted by atomic mass is 9.73. The van der Waals surface area contributed by atoms with E-state index < -0.39 is 0 Å². The molecule has 0 aliphatic carbocycles. The van der Waals surface area contributed by atoms with Crippen molar-refractivity contribution >= 4 is 34.8 Å². The number of fused-ring (bicyclic) bond motifs is 3. The largest absolute Gasteiger partial charge is 0.364 e. The number of carbonyl (C=O) groups is 1. The minimum Gasteiger partial charge on any atom is -0.364 e.